The van der Waals surface area contributed by atoms with E-state index in [1.54, 1.807) is 0 Å². The number of hydrogen-bond acceptors (Lipinski definition) is 10. The zero-order valence-corrected chi connectivity index (χ0v) is 54.2. The van der Waals surface area contributed by atoms with Gasteiger partial charge in [0.25, 0.3) is 11.1 Å². The molecule has 10 rings (SSSR count). The molecule has 0 atom stereocenters. The first-order chi connectivity index (χ1) is 55.1. The van der Waals surface area contributed by atoms with E-state index >= 15 is 4.79 Å². The van der Waals surface area contributed by atoms with E-state index in [9.17, 15) is 60.5 Å². The summed E-state index contributed by atoms with van der Waals surface area (Å²) >= 11 is 0.457. The lowest BCUT2D eigenvalue weighted by atomic mass is 9.98. The van der Waals surface area contributed by atoms with Gasteiger partial charge >= 0.3 is 12.4 Å². The molecule has 6 aromatic carbocycles. The molecular weight excluding hydrogens is 1280 g/mol. The number of carbonyl (C=O) groups is 2. The molecule has 0 spiro atoms. The van der Waals surface area contributed by atoms with Crippen LogP contribution in [0.2, 0.25) is 0 Å². The van der Waals surface area contributed by atoms with Crippen molar-refractivity contribution in [3.63, 3.8) is 0 Å². The highest BCUT2D eigenvalue weighted by atomic mass is 32.2. The topological polar surface area (TPSA) is 117 Å². The number of alkyl halides is 6. The van der Waals surface area contributed by atoms with Crippen LogP contribution in [0.1, 0.15) is 140 Å². The van der Waals surface area contributed by atoms with Gasteiger partial charge in [-0.3, -0.25) is 19.2 Å². The van der Waals surface area contributed by atoms with Crippen molar-refractivity contribution in [3.05, 3.63) is 233 Å². The number of halogens is 8. The molecule has 22 heteroatoms. The number of hydrogen-bond donors (Lipinski definition) is 0. The minimum absolute atomic E-state index is 0.0161. The van der Waals surface area contributed by atoms with E-state index in [0.29, 0.717) is 34.9 Å². The van der Waals surface area contributed by atoms with Gasteiger partial charge in [-0.2, -0.15) is 36.3 Å². The first-order valence-corrected chi connectivity index (χ1v) is 31.6. The fourth-order valence-electron chi connectivity index (χ4n) is 9.95. The number of benzene rings is 6. The van der Waals surface area contributed by atoms with Gasteiger partial charge in [0.2, 0.25) is 11.8 Å². The molecular formula is C74H80F8N8O4S2. The summed E-state index contributed by atoms with van der Waals surface area (Å²) in [7, 11) is 0. The molecule has 0 unspecified atom stereocenters. The molecule has 0 N–H and O–H groups in total. The first-order valence-electron chi connectivity index (χ1n) is 42.0. The zero-order chi connectivity index (χ0) is 90.2. The average molecular weight is 1390 g/mol. The SMILES string of the molecule is [2H]c1c([2H])c(-c2ccc(C(F)(F)F)cc2)c([2H])c(C)c1CN(CCN(C([2H])([2H])C)C([2H])([2H])C)C(=O)C([2H])([2H])n1c(SC([2H])([2H])c2ccc(F)cc2)nc(=O)c2c1CCC2.[2H]c1c([2H])c(C([2H])([2H])N(C(=O)C([2H])([2H])n2c(SC([2H])([2H])c3ccc(F)cc3)nc(=O)c3c2CCC3)C([2H])([2H])C([2H])([2H])N(CC)CC)c(C)c([2H])c1-c1ccc(C(F)(F)F)cc1. The lowest BCUT2D eigenvalue weighted by molar-refractivity contribution is -0.138. The molecule has 2 heterocycles. The fourth-order valence-corrected chi connectivity index (χ4v) is 11.4. The Bertz CT molecular complexity index is 5280. The summed E-state index contributed by atoms with van der Waals surface area (Å²) in [6.07, 6.45) is -8.55. The maximum Gasteiger partial charge on any atom is 0.416 e. The van der Waals surface area contributed by atoms with Crippen LogP contribution < -0.4 is 11.1 Å². The molecule has 508 valence electrons. The first kappa shape index (κ1) is 46.3. The van der Waals surface area contributed by atoms with Gasteiger partial charge in [-0.1, -0.05) is 136 Å². The van der Waals surface area contributed by atoms with Gasteiger partial charge in [0, 0.05) is 86.8 Å². The van der Waals surface area contributed by atoms with Crippen LogP contribution in [0.3, 0.4) is 0 Å². The lowest BCUT2D eigenvalue weighted by Crippen LogP contribution is -2.40. The molecule has 0 fully saturated rings. The predicted octanol–water partition coefficient (Wildman–Crippen LogP) is 15.1. The van der Waals surface area contributed by atoms with Gasteiger partial charge in [0.15, 0.2) is 10.3 Å². The second-order valence-corrected chi connectivity index (χ2v) is 23.0. The molecule has 0 aliphatic heterocycles. The third-order valence-electron chi connectivity index (χ3n) is 15.2. The zero-order valence-electron chi connectivity index (χ0n) is 76.6. The Kier molecular flexibility index (Phi) is 15.9. The van der Waals surface area contributed by atoms with Crippen LogP contribution >= 0.6 is 23.5 Å². The van der Waals surface area contributed by atoms with Crippen LogP contribution in [0, 0.1) is 25.5 Å². The van der Waals surface area contributed by atoms with Crippen molar-refractivity contribution in [2.24, 2.45) is 0 Å². The highest BCUT2D eigenvalue weighted by Crippen LogP contribution is 2.35. The Labute approximate surface area is 597 Å². The molecule has 8 aromatic rings. The van der Waals surface area contributed by atoms with Crippen LogP contribution in [0.4, 0.5) is 35.1 Å². The van der Waals surface area contributed by atoms with E-state index in [0.717, 1.165) is 125 Å². The minimum atomic E-state index is -4.74. The predicted molar refractivity (Wildman–Crippen MR) is 363 cm³/mol. The normalized spacial score (nSPS) is 17.8. The summed E-state index contributed by atoms with van der Waals surface area (Å²) in [6.45, 7) is -17.4. The molecule has 2 aliphatic rings. The van der Waals surface area contributed by atoms with Gasteiger partial charge in [-0.25, -0.2) is 8.78 Å². The summed E-state index contributed by atoms with van der Waals surface area (Å²) < 4.78 is 323. The highest BCUT2D eigenvalue weighted by molar-refractivity contribution is 7.98. The molecule has 0 radical (unpaired) electrons. The van der Waals surface area contributed by atoms with Crippen LogP contribution in [0.25, 0.3) is 22.3 Å². The highest BCUT2D eigenvalue weighted by Gasteiger charge is 2.32. The third-order valence-corrected chi connectivity index (χ3v) is 16.8. The fraction of sp³-hybridized carbons (Fsp3) is 0.378. The monoisotopic (exact) mass is 1380 g/mol. The quantitative estimate of drug-likeness (QED) is 0.0295. The van der Waals surface area contributed by atoms with Crippen LogP contribution in [-0.4, -0.2) is 103 Å². The summed E-state index contributed by atoms with van der Waals surface area (Å²) in [5, 5.41) is -1.29. The second-order valence-electron chi connectivity index (χ2n) is 21.5. The maximum absolute atomic E-state index is 15.1. The molecule has 12 nitrogen and oxygen atoms in total. The van der Waals surface area contributed by atoms with Crippen molar-refractivity contribution >= 4 is 35.3 Å². The Morgan fingerprint density at radius 3 is 1.40 bits per heavy atom. The van der Waals surface area contributed by atoms with Crippen LogP contribution in [0.5, 0.6) is 0 Å². The van der Waals surface area contributed by atoms with E-state index in [1.807, 2.05) is 0 Å². The number of amides is 2. The summed E-state index contributed by atoms with van der Waals surface area (Å²) in [5.74, 6) is -4.85. The van der Waals surface area contributed by atoms with Crippen molar-refractivity contribution in [2.45, 2.75) is 140 Å². The third kappa shape index (κ3) is 18.8. The number of aromatic nitrogens is 4. The van der Waals surface area contributed by atoms with Crippen LogP contribution in [0.15, 0.2) is 153 Å². The number of rotatable bonds is 26. The number of fused-ring (bicyclic) bond motifs is 2. The van der Waals surface area contributed by atoms with E-state index in [-0.39, 0.29) is 124 Å². The smallest absolute Gasteiger partial charge is 0.336 e. The number of thioether (sulfide) groups is 2. The lowest BCUT2D eigenvalue weighted by Gasteiger charge is -2.28. The Hall–Kier alpha value is -7.92. The van der Waals surface area contributed by atoms with Crippen LogP contribution in [-0.2, 0) is 85.1 Å². The Morgan fingerprint density at radius 1 is 0.542 bits per heavy atom. The average Bonchev–Trinajstić information content (AvgIpc) is 1.02. The standard InChI is InChI=1S/2C37H40F4N4O2S/c2*1-4-43(5-2)19-20-44(22-29-12-11-28(21-25(29)3)27-13-15-30(16-14-27)37(39,40)41)34(46)23-45-33-8-6-7-32(33)35(47)42-36(45)48-24-26-9-17-31(38)18-10-26/h2*9-18,21H,4-8,19-20,22-24H2,1-3H3/i11D,12D,19D2,20D2,21D,22D2,23D2,24D2;4D2,5D2,11D,12D,21D,23D2,24D2. The van der Waals surface area contributed by atoms with E-state index < -0.39 is 197 Å². The summed E-state index contributed by atoms with van der Waals surface area (Å²) in [6, 6.07) is 11.1. The van der Waals surface area contributed by atoms with E-state index in [1.165, 1.54) is 20.8 Å². The minimum Gasteiger partial charge on any atom is -0.336 e. The Balaban J connectivity index is 0.000000273. The van der Waals surface area contributed by atoms with Gasteiger partial charge in [-0.05, 0) is 183 Å². The molecule has 0 bridgehead atoms. The van der Waals surface area contributed by atoms with E-state index in [2.05, 4.69) is 9.97 Å². The second kappa shape index (κ2) is 32.9. The van der Waals surface area contributed by atoms with Gasteiger partial charge < -0.3 is 28.7 Å². The van der Waals surface area contributed by atoms with E-state index in [4.69, 9.17) is 21.9 Å². The molecule has 2 aliphatic carbocycles. The van der Waals surface area contributed by atoms with Crippen molar-refractivity contribution in [1.82, 2.24) is 38.7 Å². The summed E-state index contributed by atoms with van der Waals surface area (Å²) in [5.41, 5.74) is -11.4. The van der Waals surface area contributed by atoms with Gasteiger partial charge in [0.1, 0.15) is 24.6 Å². The van der Waals surface area contributed by atoms with Crippen molar-refractivity contribution in [1.29, 1.82) is 0 Å². The summed E-state index contributed by atoms with van der Waals surface area (Å²) in [4.78, 5) is 66.5. The number of carbonyl (C=O) groups excluding carboxylic acids is 2. The van der Waals surface area contributed by atoms with Gasteiger partial charge in [-0.15, -0.1) is 0 Å². The molecule has 0 saturated heterocycles. The van der Waals surface area contributed by atoms with Crippen molar-refractivity contribution < 1.29 is 77.6 Å². The molecule has 0 saturated carbocycles. The molecule has 2 amide bonds. The van der Waals surface area contributed by atoms with Crippen molar-refractivity contribution in [3.8, 4) is 22.3 Å². The van der Waals surface area contributed by atoms with Crippen molar-refractivity contribution in [2.75, 3.05) is 52.2 Å². The van der Waals surface area contributed by atoms with Gasteiger partial charge in [0.05, 0.1) is 30.3 Å². The number of nitrogens with zero attached hydrogens (tertiary/aromatic N) is 8. The maximum atomic E-state index is 15.1. The molecule has 2 aromatic heterocycles. The largest absolute Gasteiger partial charge is 0.416 e. The number of likely N-dealkylation sites (N-methyl/N-ethyl adjacent to an activating group) is 2. The molecule has 96 heavy (non-hydrogen) atoms. The Morgan fingerprint density at radius 2 is 0.969 bits per heavy atom.